The fourth-order valence-electron chi connectivity index (χ4n) is 1.91. The second kappa shape index (κ2) is 19.2. The molecule has 0 aliphatic heterocycles. The number of carbonyl (C=O) groups is 1. The van der Waals surface area contributed by atoms with Gasteiger partial charge in [0, 0.05) is 6.42 Å². The van der Waals surface area contributed by atoms with Gasteiger partial charge in [0.05, 0.1) is 0 Å². The molecular formula is C18H29KO3. The normalized spacial score (nSPS) is 12.0. The molecule has 22 heavy (non-hydrogen) atoms. The number of allylic oxidation sites excluding steroid dienone is 6. The van der Waals surface area contributed by atoms with E-state index in [1.54, 1.807) is 12.2 Å². The van der Waals surface area contributed by atoms with Gasteiger partial charge < -0.3 is 10.2 Å². The molecule has 120 valence electrons. The van der Waals surface area contributed by atoms with Crippen molar-refractivity contribution in [1.29, 1.82) is 0 Å². The molecule has 1 N–H and O–H groups in total. The summed E-state index contributed by atoms with van der Waals surface area (Å²) in [4.78, 5) is 10.3. The van der Waals surface area contributed by atoms with E-state index >= 15 is 0 Å². The third kappa shape index (κ3) is 20.1. The fraction of sp³-hybridized carbons (Fsp3) is 0.611. The van der Waals surface area contributed by atoms with Gasteiger partial charge in [-0.25, -0.2) is 0 Å². The molecular weight excluding hydrogens is 303 g/mol. The molecule has 0 heterocycles. The van der Waals surface area contributed by atoms with E-state index in [2.05, 4.69) is 13.0 Å². The summed E-state index contributed by atoms with van der Waals surface area (Å²) in [6, 6.07) is 0. The number of hydrogen-bond donors (Lipinski definition) is 1. The van der Waals surface area contributed by atoms with E-state index in [1.807, 2.05) is 12.2 Å². The van der Waals surface area contributed by atoms with Gasteiger partial charge in [-0.05, 0) is 19.3 Å². The smallest absolute Gasteiger partial charge is 0.875 e. The van der Waals surface area contributed by atoms with Crippen LogP contribution >= 0.6 is 0 Å². The van der Waals surface area contributed by atoms with Gasteiger partial charge in [0.2, 0.25) is 0 Å². The third-order valence-electron chi connectivity index (χ3n) is 3.18. The summed E-state index contributed by atoms with van der Waals surface area (Å²) in [5, 5.41) is 20.0. The molecule has 0 atom stereocenters. The zero-order valence-electron chi connectivity index (χ0n) is 14.2. The van der Waals surface area contributed by atoms with Gasteiger partial charge in [-0.3, -0.25) is 4.79 Å². The minimum atomic E-state index is -0.727. The monoisotopic (exact) mass is 332 g/mol. The van der Waals surface area contributed by atoms with Crippen LogP contribution in [0.15, 0.2) is 36.1 Å². The minimum absolute atomic E-state index is 0. The molecule has 0 aromatic carbocycles. The molecule has 0 saturated carbocycles. The maximum Gasteiger partial charge on any atom is 1.00 e. The topological polar surface area (TPSA) is 60.4 Å². The maximum atomic E-state index is 11.5. The van der Waals surface area contributed by atoms with E-state index in [9.17, 15) is 9.90 Å². The number of rotatable bonds is 13. The van der Waals surface area contributed by atoms with Crippen LogP contribution in [0, 0.1) is 0 Å². The molecule has 0 aromatic heterocycles. The van der Waals surface area contributed by atoms with Gasteiger partial charge in [0.15, 0.2) is 0 Å². The van der Waals surface area contributed by atoms with Crippen molar-refractivity contribution < 1.29 is 66.4 Å². The third-order valence-corrected chi connectivity index (χ3v) is 3.18. The van der Waals surface area contributed by atoms with Gasteiger partial charge in [-0.15, -0.1) is 5.76 Å². The molecule has 0 unspecified atom stereocenters. The molecule has 0 aliphatic rings. The standard InChI is InChI=1S/C18H30O3.K/c1-2-3-4-5-6-8-11-14-17(19)15-12-9-7-10-13-16-18(20)21;/h5-6,8,11,14,19H,2-4,7,9-10,12-13,15-16H2,1H3,(H,20,21);/q;+1/p-1/b6-5+,11-8+,17-14-;. The SMILES string of the molecule is CCCC/C=C/C=C/C=C(\[O-])CCCCCCCC(=O)O.[K+]. The Hall–Kier alpha value is 0.126. The van der Waals surface area contributed by atoms with Gasteiger partial charge in [0.1, 0.15) is 0 Å². The summed E-state index contributed by atoms with van der Waals surface area (Å²) >= 11 is 0. The number of carboxylic acid groups (broad SMARTS) is 1. The molecule has 0 rings (SSSR count). The fourth-order valence-corrected chi connectivity index (χ4v) is 1.91. The van der Waals surface area contributed by atoms with Crippen LogP contribution in [0.4, 0.5) is 0 Å². The van der Waals surface area contributed by atoms with Crippen LogP contribution in [-0.4, -0.2) is 11.1 Å². The Labute approximate surface area is 178 Å². The second-order valence-corrected chi connectivity index (χ2v) is 5.25. The van der Waals surface area contributed by atoms with E-state index in [4.69, 9.17) is 5.11 Å². The number of hydrogen-bond acceptors (Lipinski definition) is 2. The predicted molar refractivity (Wildman–Crippen MR) is 85.8 cm³/mol. The van der Waals surface area contributed by atoms with Crippen LogP contribution < -0.4 is 56.5 Å². The second-order valence-electron chi connectivity index (χ2n) is 5.25. The summed E-state index contributed by atoms with van der Waals surface area (Å²) < 4.78 is 0. The molecule has 0 saturated heterocycles. The van der Waals surface area contributed by atoms with E-state index < -0.39 is 5.97 Å². The number of unbranched alkanes of at least 4 members (excludes halogenated alkanes) is 6. The summed E-state index contributed by atoms with van der Waals surface area (Å²) in [7, 11) is 0. The zero-order chi connectivity index (χ0) is 15.8. The van der Waals surface area contributed by atoms with E-state index in [-0.39, 0.29) is 63.6 Å². The first-order valence-electron chi connectivity index (χ1n) is 8.08. The molecule has 0 bridgehead atoms. The van der Waals surface area contributed by atoms with Crippen molar-refractivity contribution in [2.24, 2.45) is 0 Å². The van der Waals surface area contributed by atoms with Crippen molar-refractivity contribution in [1.82, 2.24) is 0 Å². The zero-order valence-corrected chi connectivity index (χ0v) is 17.3. The Morgan fingerprint density at radius 1 is 0.955 bits per heavy atom. The van der Waals surface area contributed by atoms with Crippen molar-refractivity contribution in [3.8, 4) is 0 Å². The Balaban J connectivity index is 0. The van der Waals surface area contributed by atoms with Crippen molar-refractivity contribution >= 4 is 5.97 Å². The van der Waals surface area contributed by atoms with E-state index in [1.165, 1.54) is 12.8 Å². The van der Waals surface area contributed by atoms with Gasteiger partial charge in [-0.2, -0.15) is 0 Å². The average Bonchev–Trinajstić information content (AvgIpc) is 2.45. The summed E-state index contributed by atoms with van der Waals surface area (Å²) in [6.07, 6.45) is 18.4. The molecule has 0 spiro atoms. The molecule has 0 amide bonds. The molecule has 0 aliphatic carbocycles. The van der Waals surface area contributed by atoms with Gasteiger partial charge in [0.25, 0.3) is 0 Å². The molecule has 0 fully saturated rings. The van der Waals surface area contributed by atoms with Gasteiger partial charge in [-0.1, -0.05) is 75.8 Å². The molecule has 4 heteroatoms. The molecule has 0 aromatic rings. The first kappa shape index (κ1) is 24.4. The van der Waals surface area contributed by atoms with Crippen molar-refractivity contribution in [2.75, 3.05) is 0 Å². The van der Waals surface area contributed by atoms with Crippen molar-refractivity contribution in [3.05, 3.63) is 36.1 Å². The van der Waals surface area contributed by atoms with E-state index in [0.29, 0.717) is 6.42 Å². The Bertz CT molecular complexity index is 346. The Kier molecular flexibility index (Phi) is 21.2. The quantitative estimate of drug-likeness (QED) is 0.240. The van der Waals surface area contributed by atoms with E-state index in [0.717, 1.165) is 38.5 Å². The van der Waals surface area contributed by atoms with Crippen molar-refractivity contribution in [3.63, 3.8) is 0 Å². The summed E-state index contributed by atoms with van der Waals surface area (Å²) in [5.41, 5.74) is 0. The van der Waals surface area contributed by atoms with Crippen LogP contribution in [0.1, 0.15) is 71.1 Å². The first-order valence-corrected chi connectivity index (χ1v) is 8.08. The number of carboxylic acids is 1. The van der Waals surface area contributed by atoms with Gasteiger partial charge >= 0.3 is 57.4 Å². The predicted octanol–water partition coefficient (Wildman–Crippen LogP) is 1.35. The molecule has 3 nitrogen and oxygen atoms in total. The summed E-state index contributed by atoms with van der Waals surface area (Å²) in [5.74, 6) is -0.561. The maximum absolute atomic E-state index is 11.5. The van der Waals surface area contributed by atoms with Crippen molar-refractivity contribution in [2.45, 2.75) is 71.1 Å². The average molecular weight is 333 g/mol. The van der Waals surface area contributed by atoms with Crippen LogP contribution in [0.5, 0.6) is 0 Å². The summed E-state index contributed by atoms with van der Waals surface area (Å²) in [6.45, 7) is 2.17. The first-order chi connectivity index (χ1) is 10.2. The molecule has 0 radical (unpaired) electrons. The van der Waals surface area contributed by atoms with Crippen LogP contribution in [0.3, 0.4) is 0 Å². The van der Waals surface area contributed by atoms with Crippen LogP contribution in [0.2, 0.25) is 0 Å². The minimum Gasteiger partial charge on any atom is -0.875 e. The van der Waals surface area contributed by atoms with Crippen LogP contribution in [0.25, 0.3) is 0 Å². The van der Waals surface area contributed by atoms with Crippen LogP contribution in [-0.2, 0) is 4.79 Å². The number of aliphatic carboxylic acids is 1. The Morgan fingerprint density at radius 3 is 2.23 bits per heavy atom. The largest absolute Gasteiger partial charge is 1.00 e. The Morgan fingerprint density at radius 2 is 1.59 bits per heavy atom.